The smallest absolute Gasteiger partial charge is 0.416 e. The van der Waals surface area contributed by atoms with Crippen molar-refractivity contribution in [1.82, 2.24) is 19.9 Å². The molecule has 1 N–H and O–H groups in total. The Balaban J connectivity index is 1.38. The van der Waals surface area contributed by atoms with Crippen molar-refractivity contribution < 1.29 is 22.7 Å². The summed E-state index contributed by atoms with van der Waals surface area (Å²) in [6.45, 7) is 2.23. The van der Waals surface area contributed by atoms with Gasteiger partial charge in [0.05, 0.1) is 5.56 Å². The second kappa shape index (κ2) is 10.4. The summed E-state index contributed by atoms with van der Waals surface area (Å²) in [6, 6.07) is 7.84. The standard InChI is InChI=1S/C23H23F3N6O2/c24-23(25,26)18-3-1-4-19(15-18)30-22(33)32-12-2-11-31(13-14-32)20-21(29-10-9-28-20)34-16-17-5-7-27-8-6-17/h1,3-10,15H,2,11-14,16H2,(H,30,33). The molecule has 0 radical (unpaired) electrons. The number of nitrogens with zero attached hydrogens (tertiary/aromatic N) is 5. The fraction of sp³-hybridized carbons (Fsp3) is 0.304. The minimum atomic E-state index is -4.47. The Hall–Kier alpha value is -3.89. The van der Waals surface area contributed by atoms with Crippen LogP contribution >= 0.6 is 0 Å². The highest BCUT2D eigenvalue weighted by Gasteiger charge is 2.30. The fourth-order valence-electron chi connectivity index (χ4n) is 3.58. The predicted octanol–water partition coefficient (Wildman–Crippen LogP) is 4.21. The maximum atomic E-state index is 12.9. The van der Waals surface area contributed by atoms with E-state index in [9.17, 15) is 18.0 Å². The molecule has 0 bridgehead atoms. The number of anilines is 2. The Labute approximate surface area is 194 Å². The lowest BCUT2D eigenvalue weighted by atomic mass is 10.2. The van der Waals surface area contributed by atoms with Crippen LogP contribution in [0.1, 0.15) is 17.5 Å². The molecule has 1 aromatic carbocycles. The monoisotopic (exact) mass is 472 g/mol. The van der Waals surface area contributed by atoms with E-state index in [2.05, 4.69) is 20.3 Å². The molecule has 11 heteroatoms. The van der Waals surface area contributed by atoms with Gasteiger partial charge < -0.3 is 19.9 Å². The lowest BCUT2D eigenvalue weighted by Crippen LogP contribution is -2.38. The molecule has 0 aliphatic carbocycles. The van der Waals surface area contributed by atoms with Crippen molar-refractivity contribution in [3.05, 3.63) is 72.3 Å². The number of rotatable bonds is 5. The average Bonchev–Trinajstić information content (AvgIpc) is 3.10. The molecule has 8 nitrogen and oxygen atoms in total. The second-order valence-corrected chi connectivity index (χ2v) is 7.67. The highest BCUT2D eigenvalue weighted by molar-refractivity contribution is 5.89. The van der Waals surface area contributed by atoms with Crippen LogP contribution in [0.4, 0.5) is 29.5 Å². The number of halogens is 3. The van der Waals surface area contributed by atoms with Gasteiger partial charge in [0, 0.05) is 56.7 Å². The Morgan fingerprint density at radius 1 is 1.00 bits per heavy atom. The number of carbonyl (C=O) groups is 1. The molecule has 1 saturated heterocycles. The molecule has 2 amide bonds. The van der Waals surface area contributed by atoms with E-state index in [0.29, 0.717) is 50.9 Å². The molecular weight excluding hydrogens is 449 g/mol. The summed E-state index contributed by atoms with van der Waals surface area (Å²) >= 11 is 0. The topological polar surface area (TPSA) is 83.5 Å². The molecule has 0 spiro atoms. The summed E-state index contributed by atoms with van der Waals surface area (Å²) in [5.41, 5.74) is 0.232. The molecule has 0 unspecified atom stereocenters. The Morgan fingerprint density at radius 2 is 1.79 bits per heavy atom. The number of benzene rings is 1. The highest BCUT2D eigenvalue weighted by Crippen LogP contribution is 2.31. The molecule has 4 rings (SSSR count). The predicted molar refractivity (Wildman–Crippen MR) is 119 cm³/mol. The molecular formula is C23H23F3N6O2. The zero-order valence-electron chi connectivity index (χ0n) is 18.2. The quantitative estimate of drug-likeness (QED) is 0.599. The van der Waals surface area contributed by atoms with Crippen LogP contribution in [0.15, 0.2) is 61.2 Å². The number of hydrogen-bond donors (Lipinski definition) is 1. The number of aromatic nitrogens is 3. The van der Waals surface area contributed by atoms with Gasteiger partial charge in [-0.05, 0) is 42.3 Å². The number of amides is 2. The summed E-state index contributed by atoms with van der Waals surface area (Å²) in [6.07, 6.45) is 2.68. The zero-order valence-corrected chi connectivity index (χ0v) is 18.2. The largest absolute Gasteiger partial charge is 0.470 e. The van der Waals surface area contributed by atoms with Crippen molar-refractivity contribution in [2.75, 3.05) is 36.4 Å². The normalized spacial score (nSPS) is 14.4. The van der Waals surface area contributed by atoms with Crippen LogP contribution < -0.4 is 15.0 Å². The number of nitrogens with one attached hydrogen (secondary N) is 1. The van der Waals surface area contributed by atoms with Gasteiger partial charge in [-0.2, -0.15) is 13.2 Å². The molecule has 1 aliphatic heterocycles. The van der Waals surface area contributed by atoms with E-state index < -0.39 is 17.8 Å². The Morgan fingerprint density at radius 3 is 2.59 bits per heavy atom. The third-order valence-electron chi connectivity index (χ3n) is 5.30. The zero-order chi connectivity index (χ0) is 24.0. The number of pyridine rings is 1. The molecule has 3 aromatic rings. The summed E-state index contributed by atoms with van der Waals surface area (Å²) in [5.74, 6) is 0.970. The fourth-order valence-corrected chi connectivity index (χ4v) is 3.58. The van der Waals surface area contributed by atoms with Crippen molar-refractivity contribution in [2.24, 2.45) is 0 Å². The van der Waals surface area contributed by atoms with Crippen LogP contribution in [0.25, 0.3) is 0 Å². The van der Waals surface area contributed by atoms with E-state index in [-0.39, 0.29) is 5.69 Å². The number of urea groups is 1. The molecule has 1 aliphatic rings. The summed E-state index contributed by atoms with van der Waals surface area (Å²) in [7, 11) is 0. The maximum Gasteiger partial charge on any atom is 0.416 e. The molecule has 0 atom stereocenters. The van der Waals surface area contributed by atoms with Crippen molar-refractivity contribution in [3.63, 3.8) is 0 Å². The van der Waals surface area contributed by atoms with Crippen molar-refractivity contribution in [1.29, 1.82) is 0 Å². The number of ether oxygens (including phenoxy) is 1. The number of carbonyl (C=O) groups excluding carboxylic acids is 1. The van der Waals surface area contributed by atoms with E-state index in [4.69, 9.17) is 4.74 Å². The van der Waals surface area contributed by atoms with Crippen LogP contribution in [-0.2, 0) is 12.8 Å². The molecule has 0 saturated carbocycles. The summed E-state index contributed by atoms with van der Waals surface area (Å²) in [4.78, 5) is 29.0. The third-order valence-corrected chi connectivity index (χ3v) is 5.30. The first-order valence-electron chi connectivity index (χ1n) is 10.7. The van der Waals surface area contributed by atoms with Crippen molar-refractivity contribution in [2.45, 2.75) is 19.2 Å². The molecule has 1 fully saturated rings. The van der Waals surface area contributed by atoms with Gasteiger partial charge in [0.15, 0.2) is 5.82 Å². The average molecular weight is 472 g/mol. The van der Waals surface area contributed by atoms with Gasteiger partial charge >= 0.3 is 12.2 Å². The summed E-state index contributed by atoms with van der Waals surface area (Å²) in [5, 5.41) is 2.57. The summed E-state index contributed by atoms with van der Waals surface area (Å²) < 4.78 is 44.7. The van der Waals surface area contributed by atoms with Gasteiger partial charge in [-0.1, -0.05) is 6.07 Å². The maximum absolute atomic E-state index is 12.9. The van der Waals surface area contributed by atoms with E-state index in [1.165, 1.54) is 12.1 Å². The first kappa shape index (κ1) is 23.3. The second-order valence-electron chi connectivity index (χ2n) is 7.67. The van der Waals surface area contributed by atoms with Gasteiger partial charge in [0.1, 0.15) is 6.61 Å². The van der Waals surface area contributed by atoms with Crippen LogP contribution in [0.3, 0.4) is 0 Å². The number of alkyl halides is 3. The van der Waals surface area contributed by atoms with Crippen molar-refractivity contribution >= 4 is 17.5 Å². The minimum absolute atomic E-state index is 0.0988. The van der Waals surface area contributed by atoms with Crippen LogP contribution in [-0.4, -0.2) is 52.1 Å². The molecule has 2 aromatic heterocycles. The van der Waals surface area contributed by atoms with Crippen LogP contribution in [0.2, 0.25) is 0 Å². The third kappa shape index (κ3) is 5.91. The van der Waals surface area contributed by atoms with E-state index in [1.54, 1.807) is 29.7 Å². The van der Waals surface area contributed by atoms with E-state index in [1.807, 2.05) is 17.0 Å². The lowest BCUT2D eigenvalue weighted by Gasteiger charge is -2.24. The van der Waals surface area contributed by atoms with Crippen molar-refractivity contribution in [3.8, 4) is 5.88 Å². The highest BCUT2D eigenvalue weighted by atomic mass is 19.4. The van der Waals surface area contributed by atoms with Gasteiger partial charge in [0.2, 0.25) is 0 Å². The van der Waals surface area contributed by atoms with Gasteiger partial charge in [0.25, 0.3) is 5.88 Å². The minimum Gasteiger partial charge on any atom is -0.470 e. The molecule has 34 heavy (non-hydrogen) atoms. The first-order valence-corrected chi connectivity index (χ1v) is 10.7. The SMILES string of the molecule is O=C(Nc1cccc(C(F)(F)F)c1)N1CCCN(c2nccnc2OCc2ccncc2)CC1. The van der Waals surface area contributed by atoms with Gasteiger partial charge in [-0.15, -0.1) is 0 Å². The molecule has 178 valence electrons. The van der Waals surface area contributed by atoms with Gasteiger partial charge in [-0.3, -0.25) is 4.98 Å². The van der Waals surface area contributed by atoms with E-state index in [0.717, 1.165) is 17.7 Å². The molecule has 3 heterocycles. The Kier molecular flexibility index (Phi) is 7.09. The Bertz CT molecular complexity index is 1110. The van der Waals surface area contributed by atoms with Gasteiger partial charge in [-0.25, -0.2) is 14.8 Å². The van der Waals surface area contributed by atoms with Crippen LogP contribution in [0.5, 0.6) is 5.88 Å². The first-order chi connectivity index (χ1) is 16.4. The van der Waals surface area contributed by atoms with Crippen LogP contribution in [0, 0.1) is 0 Å². The number of hydrogen-bond acceptors (Lipinski definition) is 6. The lowest BCUT2D eigenvalue weighted by molar-refractivity contribution is -0.137. The van der Waals surface area contributed by atoms with E-state index >= 15 is 0 Å².